The van der Waals surface area contributed by atoms with E-state index < -0.39 is 0 Å². The van der Waals surface area contributed by atoms with E-state index in [2.05, 4.69) is 42.5 Å². The van der Waals surface area contributed by atoms with Gasteiger partial charge in [0, 0.05) is 6.04 Å². The van der Waals surface area contributed by atoms with Crippen LogP contribution in [-0.2, 0) is 6.42 Å². The summed E-state index contributed by atoms with van der Waals surface area (Å²) in [4.78, 5) is 0. The molecule has 2 aromatic rings. The molecule has 1 atom stereocenters. The second-order valence-electron chi connectivity index (χ2n) is 6.30. The van der Waals surface area contributed by atoms with E-state index in [9.17, 15) is 0 Å². The lowest BCUT2D eigenvalue weighted by Crippen LogP contribution is -2.32. The van der Waals surface area contributed by atoms with Gasteiger partial charge in [-0.2, -0.15) is 0 Å². The van der Waals surface area contributed by atoms with Crippen LogP contribution in [0.3, 0.4) is 0 Å². The van der Waals surface area contributed by atoms with Gasteiger partial charge in [-0.3, -0.25) is 0 Å². The van der Waals surface area contributed by atoms with Gasteiger partial charge in [-0.1, -0.05) is 68.1 Å². The molecule has 3 rings (SSSR count). The first kappa shape index (κ1) is 13.6. The van der Waals surface area contributed by atoms with E-state index in [0.717, 1.165) is 12.3 Å². The maximum Gasteiger partial charge on any atom is 0.0108 e. The van der Waals surface area contributed by atoms with Crippen LogP contribution in [-0.4, -0.2) is 6.04 Å². The van der Waals surface area contributed by atoms with Gasteiger partial charge >= 0.3 is 0 Å². The Morgan fingerprint density at radius 3 is 2.35 bits per heavy atom. The van der Waals surface area contributed by atoms with Crippen LogP contribution in [0.5, 0.6) is 0 Å². The van der Waals surface area contributed by atoms with Gasteiger partial charge in [0.15, 0.2) is 0 Å². The van der Waals surface area contributed by atoms with Crippen LogP contribution in [0.4, 0.5) is 0 Å². The standard InChI is InChI=1S/C19H25N/c20-19(17-8-3-1-2-4-9-17)14-15-11-12-16-7-5-6-10-18(16)13-15/h5-7,10-13,17,19H,1-4,8-9,14,20H2. The number of nitrogens with two attached hydrogens (primary N) is 1. The first-order valence-electron chi connectivity index (χ1n) is 8.06. The second kappa shape index (κ2) is 6.41. The molecule has 1 unspecified atom stereocenters. The minimum absolute atomic E-state index is 0.328. The first-order valence-corrected chi connectivity index (χ1v) is 8.06. The maximum atomic E-state index is 6.49. The summed E-state index contributed by atoms with van der Waals surface area (Å²) < 4.78 is 0. The lowest BCUT2D eigenvalue weighted by molar-refractivity contribution is 0.372. The summed E-state index contributed by atoms with van der Waals surface area (Å²) in [5.41, 5.74) is 7.88. The van der Waals surface area contributed by atoms with E-state index in [0.29, 0.717) is 6.04 Å². The van der Waals surface area contributed by atoms with E-state index in [4.69, 9.17) is 5.73 Å². The number of hydrogen-bond donors (Lipinski definition) is 1. The van der Waals surface area contributed by atoms with Gasteiger partial charge in [0.1, 0.15) is 0 Å². The zero-order valence-electron chi connectivity index (χ0n) is 12.2. The van der Waals surface area contributed by atoms with Crippen molar-refractivity contribution in [1.29, 1.82) is 0 Å². The number of rotatable bonds is 3. The largest absolute Gasteiger partial charge is 0.327 e. The minimum Gasteiger partial charge on any atom is -0.327 e. The first-order chi connectivity index (χ1) is 9.83. The predicted molar refractivity (Wildman–Crippen MR) is 86.8 cm³/mol. The summed E-state index contributed by atoms with van der Waals surface area (Å²) >= 11 is 0. The van der Waals surface area contributed by atoms with E-state index >= 15 is 0 Å². The third-order valence-corrected chi connectivity index (χ3v) is 4.79. The number of fused-ring (bicyclic) bond motifs is 1. The van der Waals surface area contributed by atoms with Crippen molar-refractivity contribution in [2.24, 2.45) is 11.7 Å². The molecule has 106 valence electrons. The fraction of sp³-hybridized carbons (Fsp3) is 0.474. The summed E-state index contributed by atoms with van der Waals surface area (Å²) in [5, 5.41) is 2.65. The highest BCUT2D eigenvalue weighted by atomic mass is 14.6. The van der Waals surface area contributed by atoms with E-state index in [-0.39, 0.29) is 0 Å². The molecular weight excluding hydrogens is 242 g/mol. The van der Waals surface area contributed by atoms with Gasteiger partial charge in [0.25, 0.3) is 0 Å². The Hall–Kier alpha value is -1.34. The average Bonchev–Trinajstić information content (AvgIpc) is 2.76. The summed E-state index contributed by atoms with van der Waals surface area (Å²) in [6.07, 6.45) is 9.23. The molecule has 0 bridgehead atoms. The fourth-order valence-electron chi connectivity index (χ4n) is 3.54. The molecule has 0 aromatic heterocycles. The lowest BCUT2D eigenvalue weighted by Gasteiger charge is -2.22. The highest BCUT2D eigenvalue weighted by Crippen LogP contribution is 2.26. The molecule has 1 saturated carbocycles. The van der Waals surface area contributed by atoms with E-state index in [1.807, 2.05) is 0 Å². The minimum atomic E-state index is 0.328. The van der Waals surface area contributed by atoms with Crippen molar-refractivity contribution < 1.29 is 0 Å². The van der Waals surface area contributed by atoms with Crippen molar-refractivity contribution in [3.63, 3.8) is 0 Å². The van der Waals surface area contributed by atoms with Gasteiger partial charge in [-0.25, -0.2) is 0 Å². The predicted octanol–water partition coefficient (Wildman–Crippen LogP) is 4.68. The third-order valence-electron chi connectivity index (χ3n) is 4.79. The Labute approximate surface area is 122 Å². The number of hydrogen-bond acceptors (Lipinski definition) is 1. The summed E-state index contributed by atoms with van der Waals surface area (Å²) in [6.45, 7) is 0. The molecule has 1 heteroatoms. The van der Waals surface area contributed by atoms with Crippen LogP contribution >= 0.6 is 0 Å². The van der Waals surface area contributed by atoms with Crippen molar-refractivity contribution in [3.8, 4) is 0 Å². The summed E-state index contributed by atoms with van der Waals surface area (Å²) in [6, 6.07) is 15.7. The van der Waals surface area contributed by atoms with Crippen LogP contribution in [0.1, 0.15) is 44.1 Å². The fourth-order valence-corrected chi connectivity index (χ4v) is 3.54. The highest BCUT2D eigenvalue weighted by molar-refractivity contribution is 5.82. The summed E-state index contributed by atoms with van der Waals surface area (Å²) in [5.74, 6) is 0.726. The van der Waals surface area contributed by atoms with Crippen molar-refractivity contribution in [3.05, 3.63) is 48.0 Å². The maximum absolute atomic E-state index is 6.49. The topological polar surface area (TPSA) is 26.0 Å². The average molecular weight is 267 g/mol. The second-order valence-corrected chi connectivity index (χ2v) is 6.30. The number of benzene rings is 2. The van der Waals surface area contributed by atoms with Gasteiger partial charge in [-0.05, 0) is 41.5 Å². The highest BCUT2D eigenvalue weighted by Gasteiger charge is 2.19. The quantitative estimate of drug-likeness (QED) is 0.803. The third kappa shape index (κ3) is 3.21. The molecule has 2 aromatic carbocycles. The van der Waals surface area contributed by atoms with Crippen molar-refractivity contribution in [1.82, 2.24) is 0 Å². The Balaban J connectivity index is 1.71. The lowest BCUT2D eigenvalue weighted by atomic mass is 9.88. The molecule has 0 radical (unpaired) electrons. The molecule has 0 heterocycles. The molecule has 1 nitrogen and oxygen atoms in total. The van der Waals surface area contributed by atoms with Crippen molar-refractivity contribution in [2.45, 2.75) is 51.0 Å². The molecular formula is C19H25N. The van der Waals surface area contributed by atoms with E-state index in [1.165, 1.54) is 54.9 Å². The molecule has 1 fully saturated rings. The Morgan fingerprint density at radius 2 is 1.60 bits per heavy atom. The molecule has 0 spiro atoms. The normalized spacial score (nSPS) is 18.9. The monoisotopic (exact) mass is 267 g/mol. The van der Waals surface area contributed by atoms with Crippen LogP contribution in [0.25, 0.3) is 10.8 Å². The molecule has 0 amide bonds. The Morgan fingerprint density at radius 1 is 0.900 bits per heavy atom. The van der Waals surface area contributed by atoms with Crippen molar-refractivity contribution in [2.75, 3.05) is 0 Å². The van der Waals surface area contributed by atoms with Gasteiger partial charge in [-0.15, -0.1) is 0 Å². The van der Waals surface area contributed by atoms with Crippen molar-refractivity contribution >= 4 is 10.8 Å². The molecule has 1 aliphatic rings. The Kier molecular flexibility index (Phi) is 4.37. The zero-order chi connectivity index (χ0) is 13.8. The van der Waals surface area contributed by atoms with E-state index in [1.54, 1.807) is 0 Å². The van der Waals surface area contributed by atoms with Crippen LogP contribution in [0.2, 0.25) is 0 Å². The molecule has 20 heavy (non-hydrogen) atoms. The molecule has 0 saturated heterocycles. The van der Waals surface area contributed by atoms with Crippen LogP contribution in [0.15, 0.2) is 42.5 Å². The van der Waals surface area contributed by atoms with Gasteiger partial charge in [0.2, 0.25) is 0 Å². The zero-order valence-corrected chi connectivity index (χ0v) is 12.2. The molecule has 0 aliphatic heterocycles. The SMILES string of the molecule is NC(Cc1ccc2ccccc2c1)C1CCCCCC1. The molecule has 1 aliphatic carbocycles. The van der Waals surface area contributed by atoms with Crippen LogP contribution < -0.4 is 5.73 Å². The molecule has 2 N–H and O–H groups in total. The summed E-state index contributed by atoms with van der Waals surface area (Å²) in [7, 11) is 0. The van der Waals surface area contributed by atoms with Crippen LogP contribution in [0, 0.1) is 5.92 Å². The smallest absolute Gasteiger partial charge is 0.0108 e. The van der Waals surface area contributed by atoms with Gasteiger partial charge < -0.3 is 5.73 Å². The van der Waals surface area contributed by atoms with Gasteiger partial charge in [0.05, 0.1) is 0 Å². The Bertz CT molecular complexity index is 552.